The molecular formula is C30H27FN4O5S. The lowest BCUT2D eigenvalue weighted by Crippen LogP contribution is -2.39. The number of amides is 2. The zero-order valence-corrected chi connectivity index (χ0v) is 22.8. The first kappa shape index (κ1) is 29.0. The molecule has 210 valence electrons. The lowest BCUT2D eigenvalue weighted by molar-refractivity contribution is -0.119. The molecular weight excluding hydrogens is 547 g/mol. The highest BCUT2D eigenvalue weighted by Gasteiger charge is 2.27. The second kappa shape index (κ2) is 13.4. The van der Waals surface area contributed by atoms with Crippen molar-refractivity contribution in [2.75, 3.05) is 22.8 Å². The molecule has 0 bridgehead atoms. The minimum absolute atomic E-state index is 0.157. The highest BCUT2D eigenvalue weighted by Crippen LogP contribution is 2.24. The number of carbonyl (C=O) groups excluding carboxylic acids is 2. The topological polar surface area (TPSA) is 117 Å². The highest BCUT2D eigenvalue weighted by molar-refractivity contribution is 7.92. The van der Waals surface area contributed by atoms with Crippen molar-refractivity contribution in [1.29, 1.82) is 0 Å². The summed E-state index contributed by atoms with van der Waals surface area (Å²) in [7, 11) is -4.18. The van der Waals surface area contributed by atoms with Crippen LogP contribution in [0.4, 0.5) is 15.8 Å². The Balaban J connectivity index is 1.35. The number of sulfonamides is 1. The van der Waals surface area contributed by atoms with Crippen LogP contribution in [0.3, 0.4) is 0 Å². The van der Waals surface area contributed by atoms with Crippen LogP contribution >= 0.6 is 0 Å². The third kappa shape index (κ3) is 8.23. The Morgan fingerprint density at radius 2 is 1.54 bits per heavy atom. The second-order valence-corrected chi connectivity index (χ2v) is 10.7. The van der Waals surface area contributed by atoms with E-state index in [4.69, 9.17) is 4.74 Å². The fourth-order valence-corrected chi connectivity index (χ4v) is 5.04. The molecule has 0 fully saturated rings. The van der Waals surface area contributed by atoms with E-state index in [1.807, 2.05) is 25.1 Å². The number of hydrogen-bond acceptors (Lipinski definition) is 6. The molecule has 11 heteroatoms. The lowest BCUT2D eigenvalue weighted by atomic mass is 10.2. The van der Waals surface area contributed by atoms with Gasteiger partial charge in [0.2, 0.25) is 0 Å². The number of hydrogen-bond donors (Lipinski definition) is 2. The van der Waals surface area contributed by atoms with E-state index in [0.29, 0.717) is 17.0 Å². The van der Waals surface area contributed by atoms with Gasteiger partial charge in [-0.05, 0) is 85.3 Å². The second-order valence-electron chi connectivity index (χ2n) is 8.87. The third-order valence-electron chi connectivity index (χ3n) is 5.72. The van der Waals surface area contributed by atoms with Gasteiger partial charge in [-0.2, -0.15) is 5.10 Å². The average Bonchev–Trinajstić information content (AvgIpc) is 2.97. The number of aryl methyl sites for hydroxylation is 1. The van der Waals surface area contributed by atoms with Crippen LogP contribution in [0.25, 0.3) is 0 Å². The van der Waals surface area contributed by atoms with E-state index in [1.165, 1.54) is 6.21 Å². The molecule has 0 aliphatic carbocycles. The standard InChI is InChI=1S/C30H27FN4O5S/c1-22-7-13-26(14-8-22)35(41(38,39)28-17-11-24(31)12-18-28)20-29(36)34-32-19-23-9-15-27(16-10-23)40-21-30(37)33-25-5-3-2-4-6-25/h2-19H,20-21H2,1H3,(H,33,37)(H,34,36)/b32-19-. The number of para-hydroxylation sites is 1. The molecule has 0 heterocycles. The Morgan fingerprint density at radius 1 is 0.878 bits per heavy atom. The Labute approximate surface area is 237 Å². The molecule has 0 aliphatic rings. The maximum atomic E-state index is 13.4. The summed E-state index contributed by atoms with van der Waals surface area (Å²) in [6, 6.07) is 26.7. The molecule has 4 aromatic carbocycles. The van der Waals surface area contributed by atoms with Crippen molar-refractivity contribution < 1.29 is 27.1 Å². The molecule has 0 aromatic heterocycles. The monoisotopic (exact) mass is 574 g/mol. The zero-order chi connectivity index (χ0) is 29.2. The van der Waals surface area contributed by atoms with Crippen LogP contribution in [0.5, 0.6) is 5.75 Å². The predicted molar refractivity (Wildman–Crippen MR) is 155 cm³/mol. The number of halogens is 1. The van der Waals surface area contributed by atoms with Gasteiger partial charge in [-0.15, -0.1) is 0 Å². The number of anilines is 2. The molecule has 0 atom stereocenters. The van der Waals surface area contributed by atoms with E-state index in [-0.39, 0.29) is 23.1 Å². The molecule has 4 aromatic rings. The van der Waals surface area contributed by atoms with Gasteiger partial charge in [0.25, 0.3) is 21.8 Å². The summed E-state index contributed by atoms with van der Waals surface area (Å²) in [6.07, 6.45) is 1.38. The van der Waals surface area contributed by atoms with Crippen molar-refractivity contribution in [1.82, 2.24) is 5.43 Å². The Hall–Kier alpha value is -5.03. The van der Waals surface area contributed by atoms with Crippen molar-refractivity contribution in [2.45, 2.75) is 11.8 Å². The summed E-state index contributed by atoms with van der Waals surface area (Å²) in [5.41, 5.74) is 4.81. The zero-order valence-electron chi connectivity index (χ0n) is 22.0. The summed E-state index contributed by atoms with van der Waals surface area (Å²) in [5, 5.41) is 6.65. The van der Waals surface area contributed by atoms with E-state index in [1.54, 1.807) is 60.7 Å². The summed E-state index contributed by atoms with van der Waals surface area (Å²) < 4.78 is 46.5. The van der Waals surface area contributed by atoms with E-state index in [0.717, 1.165) is 34.1 Å². The lowest BCUT2D eigenvalue weighted by Gasteiger charge is -2.23. The van der Waals surface area contributed by atoms with Gasteiger partial charge in [-0.3, -0.25) is 13.9 Å². The summed E-state index contributed by atoms with van der Waals surface area (Å²) in [5.74, 6) is -1.09. The molecule has 2 N–H and O–H groups in total. The van der Waals surface area contributed by atoms with Gasteiger partial charge in [0.15, 0.2) is 6.61 Å². The molecule has 0 spiro atoms. The first-order valence-electron chi connectivity index (χ1n) is 12.5. The van der Waals surface area contributed by atoms with Crippen LogP contribution < -0.4 is 19.8 Å². The summed E-state index contributed by atoms with van der Waals surface area (Å²) in [6.45, 7) is 1.13. The van der Waals surface area contributed by atoms with Gasteiger partial charge in [0.1, 0.15) is 18.1 Å². The van der Waals surface area contributed by atoms with Gasteiger partial charge in [-0.25, -0.2) is 18.2 Å². The van der Waals surface area contributed by atoms with E-state index >= 15 is 0 Å². The number of hydrazone groups is 1. The third-order valence-corrected chi connectivity index (χ3v) is 7.51. The van der Waals surface area contributed by atoms with Crippen LogP contribution in [0.1, 0.15) is 11.1 Å². The van der Waals surface area contributed by atoms with Crippen molar-refractivity contribution in [3.05, 3.63) is 120 Å². The molecule has 0 unspecified atom stereocenters. The van der Waals surface area contributed by atoms with Gasteiger partial charge < -0.3 is 10.1 Å². The molecule has 0 radical (unpaired) electrons. The molecule has 0 saturated heterocycles. The number of nitrogens with zero attached hydrogens (tertiary/aromatic N) is 2. The Kier molecular flexibility index (Phi) is 9.43. The molecule has 41 heavy (non-hydrogen) atoms. The van der Waals surface area contributed by atoms with Gasteiger partial charge in [-0.1, -0.05) is 35.9 Å². The van der Waals surface area contributed by atoms with Crippen molar-refractivity contribution in [3.8, 4) is 5.75 Å². The molecule has 0 aliphatic heterocycles. The summed E-state index contributed by atoms with van der Waals surface area (Å²) >= 11 is 0. The van der Waals surface area contributed by atoms with Crippen LogP contribution in [0.2, 0.25) is 0 Å². The van der Waals surface area contributed by atoms with Crippen LogP contribution in [-0.4, -0.2) is 39.6 Å². The van der Waals surface area contributed by atoms with Gasteiger partial charge >= 0.3 is 0 Å². The molecule has 0 saturated carbocycles. The van der Waals surface area contributed by atoms with Gasteiger partial charge in [0.05, 0.1) is 16.8 Å². The number of benzene rings is 4. The minimum Gasteiger partial charge on any atom is -0.484 e. The average molecular weight is 575 g/mol. The van der Waals surface area contributed by atoms with E-state index in [9.17, 15) is 22.4 Å². The fourth-order valence-electron chi connectivity index (χ4n) is 3.62. The number of rotatable bonds is 11. The quantitative estimate of drug-likeness (QED) is 0.202. The smallest absolute Gasteiger partial charge is 0.264 e. The van der Waals surface area contributed by atoms with Gasteiger partial charge in [0, 0.05) is 5.69 Å². The first-order chi connectivity index (χ1) is 19.7. The number of nitrogens with one attached hydrogen (secondary N) is 2. The van der Waals surface area contributed by atoms with Crippen LogP contribution in [-0.2, 0) is 19.6 Å². The Bertz CT molecular complexity index is 1610. The maximum absolute atomic E-state index is 13.4. The van der Waals surface area contributed by atoms with Crippen molar-refractivity contribution >= 4 is 39.4 Å². The highest BCUT2D eigenvalue weighted by atomic mass is 32.2. The van der Waals surface area contributed by atoms with Crippen LogP contribution in [0, 0.1) is 12.7 Å². The SMILES string of the molecule is Cc1ccc(N(CC(=O)N/N=C\c2ccc(OCC(=O)Nc3ccccc3)cc2)S(=O)(=O)c2ccc(F)cc2)cc1. The molecule has 9 nitrogen and oxygen atoms in total. The predicted octanol–water partition coefficient (Wildman–Crippen LogP) is 4.50. The molecule has 2 amide bonds. The van der Waals surface area contributed by atoms with E-state index < -0.39 is 28.3 Å². The Morgan fingerprint density at radius 3 is 2.20 bits per heavy atom. The van der Waals surface area contributed by atoms with Crippen molar-refractivity contribution in [3.63, 3.8) is 0 Å². The fraction of sp³-hybridized carbons (Fsp3) is 0.100. The molecule has 4 rings (SSSR count). The van der Waals surface area contributed by atoms with Crippen molar-refractivity contribution in [2.24, 2.45) is 5.10 Å². The van der Waals surface area contributed by atoms with E-state index in [2.05, 4.69) is 15.8 Å². The summed E-state index contributed by atoms with van der Waals surface area (Å²) in [4.78, 5) is 24.6. The first-order valence-corrected chi connectivity index (χ1v) is 13.9. The minimum atomic E-state index is -4.18. The normalized spacial score (nSPS) is 11.2. The van der Waals surface area contributed by atoms with Crippen LogP contribution in [0.15, 0.2) is 113 Å². The maximum Gasteiger partial charge on any atom is 0.264 e. The number of carbonyl (C=O) groups is 2. The largest absolute Gasteiger partial charge is 0.484 e. The number of ether oxygens (including phenoxy) is 1.